The van der Waals surface area contributed by atoms with Gasteiger partial charge in [0, 0.05) is 17.8 Å². The van der Waals surface area contributed by atoms with Crippen molar-refractivity contribution >= 4 is 0 Å². The van der Waals surface area contributed by atoms with Crippen LogP contribution in [0.1, 0.15) is 79.1 Å². The summed E-state index contributed by atoms with van der Waals surface area (Å²) in [6.45, 7) is 9.96. The minimum atomic E-state index is -1.44. The summed E-state index contributed by atoms with van der Waals surface area (Å²) in [5.74, 6) is 2.40. The second-order valence-corrected chi connectivity index (χ2v) is 15.6. The Bertz CT molecular complexity index is 986. The van der Waals surface area contributed by atoms with Gasteiger partial charge in [0.25, 0.3) is 0 Å². The van der Waals surface area contributed by atoms with Gasteiger partial charge in [-0.1, -0.05) is 27.7 Å². The molecule has 0 aromatic carbocycles. The van der Waals surface area contributed by atoms with Crippen LogP contribution in [-0.2, 0) is 18.9 Å². The molecule has 3 saturated heterocycles. The predicted molar refractivity (Wildman–Crippen MR) is 147 cm³/mol. The molecular weight excluding hydrogens is 528 g/mol. The zero-order chi connectivity index (χ0) is 29.1. The maximum atomic E-state index is 11.4. The van der Waals surface area contributed by atoms with Gasteiger partial charge >= 0.3 is 0 Å². The zero-order valence-electron chi connectivity index (χ0n) is 25.1. The van der Waals surface area contributed by atoms with Crippen LogP contribution in [0.3, 0.4) is 0 Å². The van der Waals surface area contributed by atoms with Gasteiger partial charge in [0.15, 0.2) is 12.1 Å². The molecule has 4 saturated carbocycles. The largest absolute Gasteiger partial charge is 0.390 e. The minimum Gasteiger partial charge on any atom is -0.390 e. The van der Waals surface area contributed by atoms with E-state index in [2.05, 4.69) is 27.7 Å². The molecule has 7 rings (SSSR count). The van der Waals surface area contributed by atoms with Crippen LogP contribution < -0.4 is 0 Å². The average Bonchev–Trinajstić information content (AvgIpc) is 3.39. The third-order valence-electron chi connectivity index (χ3n) is 13.8. The van der Waals surface area contributed by atoms with E-state index in [4.69, 9.17) is 18.9 Å². The standard InChI is InChI=1S/C32H52O9/c1-15-7-10-32(39-13-15)16(2)24-23(41-32)12-20-18-6-5-17-11-21(33)26(36)28(31(17,4)19(18)8-9-30(20,24)3)40-29-27(37)25(35)22(34)14-38-29/h15-29,33-37H,5-14H2,1-4H3. The van der Waals surface area contributed by atoms with Crippen molar-refractivity contribution in [3.63, 3.8) is 0 Å². The van der Waals surface area contributed by atoms with E-state index in [0.29, 0.717) is 36.0 Å². The summed E-state index contributed by atoms with van der Waals surface area (Å²) < 4.78 is 25.4. The molecule has 0 amide bonds. The Kier molecular flexibility index (Phi) is 7.21. The number of hydrogen-bond acceptors (Lipinski definition) is 9. The second-order valence-electron chi connectivity index (χ2n) is 15.6. The lowest BCUT2D eigenvalue weighted by Crippen LogP contribution is -2.66. The topological polar surface area (TPSA) is 138 Å². The molecule has 0 aromatic rings. The Morgan fingerprint density at radius 2 is 1.56 bits per heavy atom. The van der Waals surface area contributed by atoms with Gasteiger partial charge in [-0.3, -0.25) is 0 Å². The van der Waals surface area contributed by atoms with Crippen LogP contribution >= 0.6 is 0 Å². The Hall–Kier alpha value is -0.360. The fraction of sp³-hybridized carbons (Fsp3) is 1.00. The molecule has 7 aliphatic rings. The number of ether oxygens (including phenoxy) is 4. The summed E-state index contributed by atoms with van der Waals surface area (Å²) in [7, 11) is 0. The SMILES string of the molecule is CC1CCC2(OC1)OC1CC3C4CCC5CC(O)C(O)C(OC6OCC(O)C(O)C6O)C5(C)C4CCC3(C)C1C2C. The first-order valence-electron chi connectivity index (χ1n) is 16.4. The fourth-order valence-electron chi connectivity index (χ4n) is 11.6. The molecule has 4 aliphatic carbocycles. The highest BCUT2D eigenvalue weighted by Gasteiger charge is 2.70. The van der Waals surface area contributed by atoms with Gasteiger partial charge in [0.1, 0.15) is 24.4 Å². The molecule has 0 bridgehead atoms. The Labute approximate surface area is 243 Å². The summed E-state index contributed by atoms with van der Waals surface area (Å²) in [5, 5.41) is 53.2. The molecule has 3 aliphatic heterocycles. The Morgan fingerprint density at radius 3 is 2.29 bits per heavy atom. The van der Waals surface area contributed by atoms with Crippen LogP contribution in [0, 0.1) is 52.3 Å². The molecular formula is C32H52O9. The van der Waals surface area contributed by atoms with Crippen LogP contribution in [0.5, 0.6) is 0 Å². The van der Waals surface area contributed by atoms with E-state index in [1.54, 1.807) is 0 Å². The molecule has 1 spiro atoms. The molecule has 41 heavy (non-hydrogen) atoms. The number of hydrogen-bond donors (Lipinski definition) is 5. The number of aliphatic hydroxyl groups excluding tert-OH is 5. The highest BCUT2D eigenvalue weighted by atomic mass is 16.7. The summed E-state index contributed by atoms with van der Waals surface area (Å²) in [6.07, 6.45) is 0.0615. The third-order valence-corrected chi connectivity index (χ3v) is 13.8. The first-order valence-corrected chi connectivity index (χ1v) is 16.4. The molecule has 9 heteroatoms. The number of rotatable bonds is 2. The molecule has 18 atom stereocenters. The van der Waals surface area contributed by atoms with Crippen LogP contribution in [0.2, 0.25) is 0 Å². The van der Waals surface area contributed by atoms with Crippen molar-refractivity contribution in [3.8, 4) is 0 Å². The number of fused-ring (bicyclic) bond motifs is 7. The fourth-order valence-corrected chi connectivity index (χ4v) is 11.6. The van der Waals surface area contributed by atoms with E-state index in [9.17, 15) is 25.5 Å². The van der Waals surface area contributed by atoms with Crippen molar-refractivity contribution in [1.82, 2.24) is 0 Å². The monoisotopic (exact) mass is 580 g/mol. The predicted octanol–water partition coefficient (Wildman–Crippen LogP) is 2.20. The third kappa shape index (κ3) is 4.13. The van der Waals surface area contributed by atoms with E-state index < -0.39 is 54.1 Å². The molecule has 7 fully saturated rings. The lowest BCUT2D eigenvalue weighted by Gasteiger charge is -2.64. The summed E-state index contributed by atoms with van der Waals surface area (Å²) in [5.41, 5.74) is -0.266. The van der Waals surface area contributed by atoms with Crippen LogP contribution in [0.25, 0.3) is 0 Å². The molecule has 0 radical (unpaired) electrons. The van der Waals surface area contributed by atoms with Crippen LogP contribution in [0.4, 0.5) is 0 Å². The van der Waals surface area contributed by atoms with Crippen LogP contribution in [0.15, 0.2) is 0 Å². The summed E-state index contributed by atoms with van der Waals surface area (Å²) in [6, 6.07) is 0. The van der Waals surface area contributed by atoms with Gasteiger partial charge < -0.3 is 44.5 Å². The Morgan fingerprint density at radius 1 is 0.780 bits per heavy atom. The van der Waals surface area contributed by atoms with Gasteiger partial charge in [-0.25, -0.2) is 0 Å². The van der Waals surface area contributed by atoms with E-state index >= 15 is 0 Å². The van der Waals surface area contributed by atoms with Crippen molar-refractivity contribution in [2.45, 2.75) is 134 Å². The molecule has 3 heterocycles. The van der Waals surface area contributed by atoms with Crippen molar-refractivity contribution in [2.24, 2.45) is 52.3 Å². The molecule has 234 valence electrons. The van der Waals surface area contributed by atoms with Crippen molar-refractivity contribution in [1.29, 1.82) is 0 Å². The van der Waals surface area contributed by atoms with Gasteiger partial charge in [-0.05, 0) is 85.9 Å². The van der Waals surface area contributed by atoms with Crippen LogP contribution in [-0.4, -0.2) is 93.6 Å². The second kappa shape index (κ2) is 10.1. The zero-order valence-corrected chi connectivity index (χ0v) is 25.1. The highest BCUT2D eigenvalue weighted by Crippen LogP contribution is 2.71. The van der Waals surface area contributed by atoms with E-state index in [-0.39, 0.29) is 30.0 Å². The smallest absolute Gasteiger partial charge is 0.186 e. The minimum absolute atomic E-state index is 0.161. The average molecular weight is 581 g/mol. The quantitative estimate of drug-likeness (QED) is 0.333. The first-order chi connectivity index (χ1) is 19.4. The lowest BCUT2D eigenvalue weighted by atomic mass is 9.43. The summed E-state index contributed by atoms with van der Waals surface area (Å²) >= 11 is 0. The maximum Gasteiger partial charge on any atom is 0.186 e. The van der Waals surface area contributed by atoms with E-state index in [1.165, 1.54) is 0 Å². The maximum absolute atomic E-state index is 11.4. The van der Waals surface area contributed by atoms with Gasteiger partial charge in [-0.15, -0.1) is 0 Å². The molecule has 9 nitrogen and oxygen atoms in total. The normalized spacial score (nSPS) is 62.1. The lowest BCUT2D eigenvalue weighted by molar-refractivity contribution is -0.328. The molecule has 18 unspecified atom stereocenters. The van der Waals surface area contributed by atoms with Crippen molar-refractivity contribution in [2.75, 3.05) is 13.2 Å². The Balaban J connectivity index is 1.15. The van der Waals surface area contributed by atoms with E-state index in [0.717, 1.165) is 51.6 Å². The molecule has 5 N–H and O–H groups in total. The highest BCUT2D eigenvalue weighted by molar-refractivity contribution is 5.17. The van der Waals surface area contributed by atoms with E-state index in [1.807, 2.05) is 0 Å². The molecule has 0 aromatic heterocycles. The van der Waals surface area contributed by atoms with Crippen molar-refractivity contribution in [3.05, 3.63) is 0 Å². The van der Waals surface area contributed by atoms with Gasteiger partial charge in [-0.2, -0.15) is 0 Å². The first kappa shape index (κ1) is 29.4. The van der Waals surface area contributed by atoms with Crippen molar-refractivity contribution < 1.29 is 44.5 Å². The van der Waals surface area contributed by atoms with Gasteiger partial charge in [0.2, 0.25) is 0 Å². The van der Waals surface area contributed by atoms with Gasteiger partial charge in [0.05, 0.1) is 31.5 Å². The number of aliphatic hydroxyl groups is 5. The summed E-state index contributed by atoms with van der Waals surface area (Å²) in [4.78, 5) is 0.